The second-order valence-corrected chi connectivity index (χ2v) is 7.61. The van der Waals surface area contributed by atoms with E-state index in [-0.39, 0.29) is 23.2 Å². The maximum Gasteiger partial charge on any atom is 0.311 e. The van der Waals surface area contributed by atoms with Gasteiger partial charge in [0.1, 0.15) is 17.6 Å². The Kier molecular flexibility index (Phi) is 5.67. The van der Waals surface area contributed by atoms with Crippen LogP contribution >= 0.6 is 15.9 Å². The zero-order chi connectivity index (χ0) is 19.4. The number of carbonyl (C=O) groups is 1. The molecular formula is C22H20BrNO3. The molecule has 0 amide bonds. The van der Waals surface area contributed by atoms with E-state index >= 15 is 0 Å². The van der Waals surface area contributed by atoms with Crippen LogP contribution in [-0.4, -0.2) is 5.97 Å². The Morgan fingerprint density at radius 2 is 1.89 bits per heavy atom. The van der Waals surface area contributed by atoms with Gasteiger partial charge in [-0.3, -0.25) is 4.79 Å². The van der Waals surface area contributed by atoms with Crippen LogP contribution in [0, 0.1) is 28.6 Å². The van der Waals surface area contributed by atoms with Crippen LogP contribution in [0.25, 0.3) is 0 Å². The first kappa shape index (κ1) is 19.2. The van der Waals surface area contributed by atoms with Gasteiger partial charge < -0.3 is 9.47 Å². The van der Waals surface area contributed by atoms with Gasteiger partial charge in [0, 0.05) is 5.56 Å². The Hall–Kier alpha value is -2.58. The fraction of sp³-hybridized carbons (Fsp3) is 0.273. The van der Waals surface area contributed by atoms with E-state index in [9.17, 15) is 10.1 Å². The molecule has 2 aromatic rings. The number of hydrogen-bond donors (Lipinski definition) is 0. The topological polar surface area (TPSA) is 59.3 Å². The lowest BCUT2D eigenvalue weighted by Crippen LogP contribution is -2.14. The average Bonchev–Trinajstić information content (AvgIpc) is 3.21. The summed E-state index contributed by atoms with van der Waals surface area (Å²) in [6.07, 6.45) is 0.976. The van der Waals surface area contributed by atoms with Crippen LogP contribution in [0.1, 0.15) is 25.5 Å². The Morgan fingerprint density at radius 3 is 2.56 bits per heavy atom. The van der Waals surface area contributed by atoms with Gasteiger partial charge in [-0.2, -0.15) is 5.26 Å². The molecule has 0 bridgehead atoms. The van der Waals surface area contributed by atoms with E-state index in [4.69, 9.17) is 9.47 Å². The summed E-state index contributed by atoms with van der Waals surface area (Å²) in [4.78, 5) is 14.3. The molecule has 3 rings (SSSR count). The summed E-state index contributed by atoms with van der Waals surface area (Å²) < 4.78 is 11.3. The molecule has 1 unspecified atom stereocenters. The predicted octanol–water partition coefficient (Wildman–Crippen LogP) is 5.77. The number of allylic oxidation sites excluding steroid dienone is 1. The molecule has 138 valence electrons. The minimum Gasteiger partial charge on any atom is -0.457 e. The van der Waals surface area contributed by atoms with Crippen molar-refractivity contribution in [3.63, 3.8) is 0 Å². The molecule has 5 heteroatoms. The van der Waals surface area contributed by atoms with Crippen LogP contribution in [0.2, 0.25) is 0 Å². The van der Waals surface area contributed by atoms with E-state index in [1.807, 2.05) is 50.3 Å². The standard InChI is InChI=1S/C22H20BrNO3/c1-22(2)18(11-12-23)20(22)21(25)27-19(14-24)15-7-6-10-17(13-15)26-16-8-4-3-5-9-16/h3-13,18-20H,1-2H3/t18-,19?,20-/m0/s1. The van der Waals surface area contributed by atoms with Crippen molar-refractivity contribution in [1.82, 2.24) is 0 Å². The monoisotopic (exact) mass is 425 g/mol. The number of halogens is 1. The third-order valence-electron chi connectivity index (χ3n) is 4.94. The Labute approximate surface area is 167 Å². The maximum absolute atomic E-state index is 12.6. The number of rotatable bonds is 6. The van der Waals surface area contributed by atoms with Crippen LogP contribution in [0.5, 0.6) is 11.5 Å². The van der Waals surface area contributed by atoms with Gasteiger partial charge in [-0.05, 0) is 40.6 Å². The highest BCUT2D eigenvalue weighted by Crippen LogP contribution is 2.59. The lowest BCUT2D eigenvalue weighted by molar-refractivity contribution is -0.149. The number of nitrogens with zero attached hydrogens (tertiary/aromatic N) is 1. The first-order valence-electron chi connectivity index (χ1n) is 8.67. The molecule has 1 fully saturated rings. The summed E-state index contributed by atoms with van der Waals surface area (Å²) in [6.45, 7) is 4.04. The average molecular weight is 426 g/mol. The van der Waals surface area contributed by atoms with Crippen molar-refractivity contribution in [2.24, 2.45) is 17.3 Å². The highest BCUT2D eigenvalue weighted by molar-refractivity contribution is 9.11. The molecule has 1 saturated carbocycles. The maximum atomic E-state index is 12.6. The minimum absolute atomic E-state index is 0.108. The number of para-hydroxylation sites is 1. The summed E-state index contributed by atoms with van der Waals surface area (Å²) in [5, 5.41) is 9.52. The molecule has 0 radical (unpaired) electrons. The third-order valence-corrected chi connectivity index (χ3v) is 5.24. The van der Waals surface area contributed by atoms with Gasteiger partial charge in [0.2, 0.25) is 6.10 Å². The summed E-state index contributed by atoms with van der Waals surface area (Å²) in [5.74, 6) is 0.796. The predicted molar refractivity (Wildman–Crippen MR) is 106 cm³/mol. The zero-order valence-electron chi connectivity index (χ0n) is 15.1. The van der Waals surface area contributed by atoms with Gasteiger partial charge in [0.25, 0.3) is 0 Å². The van der Waals surface area contributed by atoms with Crippen molar-refractivity contribution in [2.75, 3.05) is 0 Å². The Balaban J connectivity index is 1.72. The summed E-state index contributed by atoms with van der Waals surface area (Å²) >= 11 is 3.26. The van der Waals surface area contributed by atoms with Gasteiger partial charge >= 0.3 is 5.97 Å². The van der Waals surface area contributed by atoms with Crippen LogP contribution in [0.3, 0.4) is 0 Å². The Bertz CT molecular complexity index is 886. The second-order valence-electron chi connectivity index (χ2n) is 7.08. The van der Waals surface area contributed by atoms with E-state index in [1.165, 1.54) is 0 Å². The first-order valence-corrected chi connectivity index (χ1v) is 9.59. The summed E-state index contributed by atoms with van der Waals surface area (Å²) in [6, 6.07) is 18.5. The molecule has 27 heavy (non-hydrogen) atoms. The molecule has 0 aromatic heterocycles. The van der Waals surface area contributed by atoms with Crippen molar-refractivity contribution < 1.29 is 14.3 Å². The molecule has 0 aliphatic heterocycles. The number of ether oxygens (including phenoxy) is 2. The largest absolute Gasteiger partial charge is 0.457 e. The highest BCUT2D eigenvalue weighted by Gasteiger charge is 2.61. The zero-order valence-corrected chi connectivity index (χ0v) is 16.7. The van der Waals surface area contributed by atoms with Crippen molar-refractivity contribution in [1.29, 1.82) is 5.26 Å². The number of hydrogen-bond acceptors (Lipinski definition) is 4. The fourth-order valence-electron chi connectivity index (χ4n) is 3.29. The smallest absolute Gasteiger partial charge is 0.311 e. The van der Waals surface area contributed by atoms with Gasteiger partial charge in [0.15, 0.2) is 0 Å². The second kappa shape index (κ2) is 7.98. The number of benzene rings is 2. The third kappa shape index (κ3) is 4.23. The Morgan fingerprint density at radius 1 is 1.19 bits per heavy atom. The fourth-order valence-corrected chi connectivity index (χ4v) is 3.62. The highest BCUT2D eigenvalue weighted by atomic mass is 79.9. The van der Waals surface area contributed by atoms with Crippen molar-refractivity contribution in [3.8, 4) is 17.6 Å². The van der Waals surface area contributed by atoms with Gasteiger partial charge in [-0.25, -0.2) is 0 Å². The summed E-state index contributed by atoms with van der Waals surface area (Å²) in [5.41, 5.74) is 0.421. The lowest BCUT2D eigenvalue weighted by atomic mass is 10.1. The van der Waals surface area contributed by atoms with Crippen LogP contribution in [0.4, 0.5) is 0 Å². The quantitative estimate of drug-likeness (QED) is 0.551. The van der Waals surface area contributed by atoms with Crippen molar-refractivity contribution >= 4 is 21.9 Å². The molecule has 0 N–H and O–H groups in total. The number of nitriles is 1. The van der Waals surface area contributed by atoms with E-state index < -0.39 is 6.10 Å². The first-order chi connectivity index (χ1) is 13.0. The molecule has 4 nitrogen and oxygen atoms in total. The SMILES string of the molecule is CC1(C)[C@H](C(=O)OC(C#N)c2cccc(Oc3ccccc3)c2)[C@@H]1C=CBr. The van der Waals surface area contributed by atoms with Gasteiger partial charge in [-0.15, -0.1) is 0 Å². The minimum atomic E-state index is -0.971. The molecule has 2 aromatic carbocycles. The van der Waals surface area contributed by atoms with Gasteiger partial charge in [0.05, 0.1) is 5.92 Å². The molecule has 1 aliphatic rings. The molecule has 0 saturated heterocycles. The van der Waals surface area contributed by atoms with E-state index in [2.05, 4.69) is 22.0 Å². The van der Waals surface area contributed by atoms with Crippen molar-refractivity contribution in [3.05, 3.63) is 71.2 Å². The lowest BCUT2D eigenvalue weighted by Gasteiger charge is -2.13. The molecule has 0 heterocycles. The molecule has 1 aliphatic carbocycles. The summed E-state index contributed by atoms with van der Waals surface area (Å²) in [7, 11) is 0. The van der Waals surface area contributed by atoms with Crippen LogP contribution in [0.15, 0.2) is 65.7 Å². The normalized spacial score (nSPS) is 21.3. The molecule has 0 spiro atoms. The molecular weight excluding hydrogens is 406 g/mol. The van der Waals surface area contributed by atoms with Crippen molar-refractivity contribution in [2.45, 2.75) is 20.0 Å². The van der Waals surface area contributed by atoms with E-state index in [1.54, 1.807) is 29.3 Å². The number of esters is 1. The number of carbonyl (C=O) groups excluding carboxylic acids is 1. The molecule has 3 atom stereocenters. The van der Waals surface area contributed by atoms with E-state index in [0.29, 0.717) is 17.1 Å². The van der Waals surface area contributed by atoms with E-state index in [0.717, 1.165) is 0 Å². The van der Waals surface area contributed by atoms with Gasteiger partial charge in [-0.1, -0.05) is 66.2 Å². The van der Waals surface area contributed by atoms with Crippen LogP contribution in [-0.2, 0) is 9.53 Å². The van der Waals surface area contributed by atoms with Crippen LogP contribution < -0.4 is 4.74 Å².